The van der Waals surface area contributed by atoms with Crippen molar-refractivity contribution in [3.8, 4) is 0 Å². The van der Waals surface area contributed by atoms with Crippen molar-refractivity contribution in [2.75, 3.05) is 6.16 Å². The Morgan fingerprint density at radius 2 is 1.76 bits per heavy atom. The number of esters is 1. The molecule has 0 aromatic carbocycles. The van der Waals surface area contributed by atoms with Crippen molar-refractivity contribution in [3.05, 3.63) is 12.2 Å². The van der Waals surface area contributed by atoms with Gasteiger partial charge in [0.15, 0.2) is 0 Å². The average molecular weight is 400 g/mol. The van der Waals surface area contributed by atoms with Crippen LogP contribution in [0.2, 0.25) is 0 Å². The van der Waals surface area contributed by atoms with Gasteiger partial charge in [0.1, 0.15) is 6.10 Å². The van der Waals surface area contributed by atoms with Crippen molar-refractivity contribution in [1.29, 1.82) is 0 Å². The first-order valence-electron chi connectivity index (χ1n) is 8.24. The number of alkyl halides is 3. The van der Waals surface area contributed by atoms with E-state index in [1.54, 1.807) is 6.92 Å². The normalized spacial score (nSPS) is 33.4. The molecule has 0 spiro atoms. The van der Waals surface area contributed by atoms with Crippen molar-refractivity contribution in [2.24, 2.45) is 17.3 Å². The third kappa shape index (κ3) is 5.19. The lowest BCUT2D eigenvalue weighted by Gasteiger charge is -2.47. The summed E-state index contributed by atoms with van der Waals surface area (Å²) in [7, 11) is -6.19. The van der Waals surface area contributed by atoms with Crippen LogP contribution in [0.25, 0.3) is 0 Å². The molecular weight excluding hydrogens is 376 g/mol. The van der Waals surface area contributed by atoms with E-state index in [9.17, 15) is 26.4 Å². The summed E-state index contributed by atoms with van der Waals surface area (Å²) in [5, 5.41) is 0. The van der Waals surface area contributed by atoms with Crippen LogP contribution in [-0.2, 0) is 19.0 Å². The standard InChI is InChI=1S/C16H24F3O4PS/c1-10(2)14(20)23-13-5-11-4-12(6-13)8-15(3,7-11)9-24-25(21,22)16(17,18)19/h11-13,24H,1,4-9H2,2-3H3. The highest BCUT2D eigenvalue weighted by Crippen LogP contribution is 2.52. The highest BCUT2D eigenvalue weighted by Gasteiger charge is 2.48. The van der Waals surface area contributed by atoms with Crippen LogP contribution >= 0.6 is 7.78 Å². The first kappa shape index (κ1) is 20.7. The van der Waals surface area contributed by atoms with Crippen LogP contribution in [0.1, 0.15) is 46.0 Å². The summed E-state index contributed by atoms with van der Waals surface area (Å²) in [6.07, 6.45) is 3.53. The van der Waals surface area contributed by atoms with Crippen LogP contribution in [0.15, 0.2) is 12.2 Å². The topological polar surface area (TPSA) is 60.4 Å². The lowest BCUT2D eigenvalue weighted by molar-refractivity contribution is -0.149. The second-order valence-corrected chi connectivity index (χ2v) is 12.3. The van der Waals surface area contributed by atoms with Crippen molar-refractivity contribution in [1.82, 2.24) is 0 Å². The van der Waals surface area contributed by atoms with Crippen LogP contribution in [0.3, 0.4) is 0 Å². The highest BCUT2D eigenvalue weighted by atomic mass is 32.8. The first-order chi connectivity index (χ1) is 11.3. The molecule has 2 aliphatic carbocycles. The van der Waals surface area contributed by atoms with Crippen molar-refractivity contribution in [3.63, 3.8) is 0 Å². The first-order valence-corrected chi connectivity index (χ1v) is 11.7. The number of carbonyl (C=O) groups is 1. The second kappa shape index (κ2) is 7.18. The molecule has 0 aliphatic heterocycles. The summed E-state index contributed by atoms with van der Waals surface area (Å²) in [5.41, 5.74) is -5.24. The van der Waals surface area contributed by atoms with Gasteiger partial charge < -0.3 is 4.74 Å². The third-order valence-corrected chi connectivity index (χ3v) is 9.29. The maximum absolute atomic E-state index is 12.5. The molecule has 144 valence electrons. The van der Waals surface area contributed by atoms with E-state index in [4.69, 9.17) is 4.74 Å². The molecule has 25 heavy (non-hydrogen) atoms. The summed E-state index contributed by atoms with van der Waals surface area (Å²) in [5.74, 6) is 0.0862. The highest BCUT2D eigenvalue weighted by molar-refractivity contribution is 8.44. The van der Waals surface area contributed by atoms with Crippen LogP contribution in [0.4, 0.5) is 13.2 Å². The predicted octanol–water partition coefficient (Wildman–Crippen LogP) is 4.22. The molecule has 0 amide bonds. The third-order valence-electron chi connectivity index (χ3n) is 5.04. The second-order valence-electron chi connectivity index (χ2n) is 7.74. The molecule has 0 aromatic rings. The van der Waals surface area contributed by atoms with Gasteiger partial charge in [-0.15, -0.1) is 0 Å². The molecule has 2 rings (SSSR count). The minimum absolute atomic E-state index is 0.0397. The molecule has 0 N–H and O–H groups in total. The lowest BCUT2D eigenvalue weighted by Crippen LogP contribution is -2.41. The SMILES string of the molecule is C=C(C)C(=O)OC1CC2CC(C1)CC(C)(CPS(=O)(=O)C(F)(F)F)C2. The van der Waals surface area contributed by atoms with Gasteiger partial charge in [-0.3, -0.25) is 0 Å². The molecule has 2 saturated carbocycles. The Hall–Kier alpha value is -0.620. The predicted molar refractivity (Wildman–Crippen MR) is 91.0 cm³/mol. The number of ether oxygens (including phenoxy) is 1. The maximum Gasteiger partial charge on any atom is 0.500 e. The molecule has 3 atom stereocenters. The van der Waals surface area contributed by atoms with Crippen LogP contribution in [0, 0.1) is 17.3 Å². The molecule has 3 unspecified atom stereocenters. The van der Waals surface area contributed by atoms with Crippen molar-refractivity contribution >= 4 is 23.2 Å². The number of fused-ring (bicyclic) bond motifs is 2. The minimum atomic E-state index is -5.17. The number of halogens is 3. The summed E-state index contributed by atoms with van der Waals surface area (Å²) in [4.78, 5) is 11.7. The van der Waals surface area contributed by atoms with Gasteiger partial charge in [-0.05, 0) is 62.4 Å². The fraction of sp³-hybridized carbons (Fsp3) is 0.812. The Balaban J connectivity index is 1.96. The monoisotopic (exact) mass is 400 g/mol. The van der Waals surface area contributed by atoms with Crippen molar-refractivity contribution in [2.45, 2.75) is 57.6 Å². The van der Waals surface area contributed by atoms with Gasteiger partial charge in [-0.1, -0.05) is 13.5 Å². The van der Waals surface area contributed by atoms with Crippen LogP contribution in [0.5, 0.6) is 0 Å². The smallest absolute Gasteiger partial charge is 0.459 e. The van der Waals surface area contributed by atoms with Gasteiger partial charge in [0.25, 0.3) is 9.46 Å². The molecule has 0 radical (unpaired) electrons. The molecule has 2 fully saturated rings. The quantitative estimate of drug-likeness (QED) is 0.394. The lowest BCUT2D eigenvalue weighted by atomic mass is 9.61. The Morgan fingerprint density at radius 1 is 1.24 bits per heavy atom. The van der Waals surface area contributed by atoms with E-state index in [2.05, 4.69) is 6.58 Å². The van der Waals surface area contributed by atoms with Gasteiger partial charge in [0.05, 0.1) is 0 Å². The zero-order chi connectivity index (χ0) is 19.0. The number of hydrogen-bond acceptors (Lipinski definition) is 4. The minimum Gasteiger partial charge on any atom is -0.459 e. The Bertz CT molecular complexity index is 630. The summed E-state index contributed by atoms with van der Waals surface area (Å²) < 4.78 is 65.8. The summed E-state index contributed by atoms with van der Waals surface area (Å²) in [6, 6.07) is 0. The molecule has 2 aliphatic rings. The Kier molecular flexibility index (Phi) is 5.94. The van der Waals surface area contributed by atoms with Crippen LogP contribution in [-0.4, -0.2) is 32.2 Å². The zero-order valence-electron chi connectivity index (χ0n) is 14.4. The largest absolute Gasteiger partial charge is 0.500 e. The van der Waals surface area contributed by atoms with Gasteiger partial charge in [0, 0.05) is 13.4 Å². The summed E-state index contributed by atoms with van der Waals surface area (Å²) >= 11 is 0. The van der Waals surface area contributed by atoms with E-state index in [1.165, 1.54) is 0 Å². The maximum atomic E-state index is 12.5. The number of hydrogen-bond donors (Lipinski definition) is 0. The molecule has 9 heteroatoms. The van der Waals surface area contributed by atoms with E-state index in [-0.39, 0.29) is 24.1 Å². The van der Waals surface area contributed by atoms with E-state index in [0.717, 1.165) is 6.42 Å². The Morgan fingerprint density at radius 3 is 2.20 bits per heavy atom. The molecule has 2 bridgehead atoms. The molecule has 0 saturated heterocycles. The number of carbonyl (C=O) groups excluding carboxylic acids is 1. The fourth-order valence-electron chi connectivity index (χ4n) is 4.16. The molecule has 4 nitrogen and oxygen atoms in total. The Labute approximate surface area is 148 Å². The van der Waals surface area contributed by atoms with Crippen molar-refractivity contribution < 1.29 is 31.1 Å². The molecule has 0 aromatic heterocycles. The van der Waals surface area contributed by atoms with Gasteiger partial charge in [-0.25, -0.2) is 13.2 Å². The van der Waals surface area contributed by atoms with Gasteiger partial charge >= 0.3 is 11.5 Å². The van der Waals surface area contributed by atoms with E-state index >= 15 is 0 Å². The van der Waals surface area contributed by atoms with E-state index in [1.807, 2.05) is 6.92 Å². The summed E-state index contributed by atoms with van der Waals surface area (Å²) in [6.45, 7) is 7.03. The van der Waals surface area contributed by atoms with E-state index < -0.39 is 34.1 Å². The van der Waals surface area contributed by atoms with Crippen LogP contribution < -0.4 is 0 Å². The van der Waals surface area contributed by atoms with E-state index in [0.29, 0.717) is 31.3 Å². The van der Waals surface area contributed by atoms with Gasteiger partial charge in [-0.2, -0.15) is 13.2 Å². The fourth-order valence-corrected chi connectivity index (χ4v) is 7.26. The van der Waals surface area contributed by atoms with Gasteiger partial charge in [0.2, 0.25) is 0 Å². The zero-order valence-corrected chi connectivity index (χ0v) is 16.2. The number of rotatable bonds is 5. The average Bonchev–Trinajstić information content (AvgIpc) is 2.43. The molecular formula is C16H24F3O4PS. The molecule has 0 heterocycles.